The average Bonchev–Trinajstić information content (AvgIpc) is 2.87. The van der Waals surface area contributed by atoms with Crippen molar-refractivity contribution in [2.75, 3.05) is 0 Å². The molecule has 0 spiro atoms. The van der Waals surface area contributed by atoms with Gasteiger partial charge in [0.05, 0.1) is 0 Å². The Hall–Kier alpha value is -0.570. The molecular weight excluding hydrogens is 250 g/mol. The maximum Gasteiger partial charge on any atom is 0.320 e. The fourth-order valence-electron chi connectivity index (χ4n) is 4.07. The molecule has 2 N–H and O–H groups in total. The topological polar surface area (TPSA) is 49.3 Å². The zero-order valence-electron chi connectivity index (χ0n) is 13.3. The zero-order valence-corrected chi connectivity index (χ0v) is 13.3. The zero-order chi connectivity index (χ0) is 14.8. The van der Waals surface area contributed by atoms with E-state index in [1.165, 1.54) is 25.7 Å². The highest BCUT2D eigenvalue weighted by molar-refractivity contribution is 5.74. The quantitative estimate of drug-likeness (QED) is 0.823. The van der Waals surface area contributed by atoms with Gasteiger partial charge in [0.1, 0.15) is 6.04 Å². The van der Waals surface area contributed by atoms with E-state index in [0.29, 0.717) is 17.4 Å². The summed E-state index contributed by atoms with van der Waals surface area (Å²) in [4.78, 5) is 11.6. The normalized spacial score (nSPS) is 30.4. The van der Waals surface area contributed by atoms with E-state index < -0.39 is 5.97 Å². The maximum atomic E-state index is 11.6. The van der Waals surface area contributed by atoms with E-state index >= 15 is 0 Å². The van der Waals surface area contributed by atoms with Crippen molar-refractivity contribution in [3.05, 3.63) is 0 Å². The largest absolute Gasteiger partial charge is 0.480 e. The fraction of sp³-hybridized carbons (Fsp3) is 0.941. The first-order valence-corrected chi connectivity index (χ1v) is 8.37. The van der Waals surface area contributed by atoms with Crippen molar-refractivity contribution in [3.8, 4) is 0 Å². The summed E-state index contributed by atoms with van der Waals surface area (Å²) >= 11 is 0. The third-order valence-electron chi connectivity index (χ3n) is 5.50. The van der Waals surface area contributed by atoms with Gasteiger partial charge < -0.3 is 10.4 Å². The summed E-state index contributed by atoms with van der Waals surface area (Å²) in [6, 6.07) is 0.121. The van der Waals surface area contributed by atoms with Crippen LogP contribution in [0.25, 0.3) is 0 Å². The first-order chi connectivity index (χ1) is 9.38. The molecule has 0 amide bonds. The molecular formula is C17H31NO2. The number of nitrogens with one attached hydrogen (secondary N) is 1. The third-order valence-corrected chi connectivity index (χ3v) is 5.50. The molecule has 0 aromatic heterocycles. The van der Waals surface area contributed by atoms with Gasteiger partial charge in [-0.1, -0.05) is 33.6 Å². The van der Waals surface area contributed by atoms with Gasteiger partial charge in [0.25, 0.3) is 0 Å². The second kappa shape index (κ2) is 6.46. The first kappa shape index (κ1) is 15.8. The van der Waals surface area contributed by atoms with Crippen molar-refractivity contribution in [1.29, 1.82) is 0 Å². The Morgan fingerprint density at radius 2 is 1.60 bits per heavy atom. The molecule has 0 radical (unpaired) electrons. The second-order valence-electron chi connectivity index (χ2n) is 7.94. The fourth-order valence-corrected chi connectivity index (χ4v) is 4.07. The van der Waals surface area contributed by atoms with E-state index in [0.717, 1.165) is 31.6 Å². The molecule has 0 saturated heterocycles. The summed E-state index contributed by atoms with van der Waals surface area (Å²) in [6.45, 7) is 6.93. The summed E-state index contributed by atoms with van der Waals surface area (Å²) in [5.74, 6) is 0.433. The monoisotopic (exact) mass is 281 g/mol. The molecule has 2 aliphatic carbocycles. The highest BCUT2D eigenvalue weighted by Gasteiger charge is 2.36. The predicted octanol–water partition coefficient (Wildman–Crippen LogP) is 3.82. The molecule has 1 unspecified atom stereocenters. The van der Waals surface area contributed by atoms with Gasteiger partial charge in [-0.05, 0) is 55.8 Å². The van der Waals surface area contributed by atoms with Crippen molar-refractivity contribution in [1.82, 2.24) is 5.32 Å². The van der Waals surface area contributed by atoms with Gasteiger partial charge in [0.2, 0.25) is 0 Å². The van der Waals surface area contributed by atoms with Gasteiger partial charge in [-0.3, -0.25) is 4.79 Å². The van der Waals surface area contributed by atoms with Crippen LogP contribution in [-0.4, -0.2) is 23.2 Å². The molecule has 116 valence electrons. The summed E-state index contributed by atoms with van der Waals surface area (Å²) in [7, 11) is 0. The van der Waals surface area contributed by atoms with Crippen molar-refractivity contribution in [2.24, 2.45) is 17.3 Å². The van der Waals surface area contributed by atoms with Crippen LogP contribution in [0, 0.1) is 17.3 Å². The summed E-state index contributed by atoms with van der Waals surface area (Å²) in [5.41, 5.74) is 0.364. The molecule has 2 rings (SSSR count). The highest BCUT2D eigenvalue weighted by atomic mass is 16.4. The van der Waals surface area contributed by atoms with E-state index in [1.807, 2.05) is 0 Å². The molecule has 2 fully saturated rings. The van der Waals surface area contributed by atoms with Gasteiger partial charge in [-0.15, -0.1) is 0 Å². The number of hydrogen-bond acceptors (Lipinski definition) is 2. The van der Waals surface area contributed by atoms with Crippen LogP contribution in [0.2, 0.25) is 0 Å². The Morgan fingerprint density at radius 1 is 1.05 bits per heavy atom. The van der Waals surface area contributed by atoms with Crippen LogP contribution >= 0.6 is 0 Å². The molecule has 0 aromatic rings. The lowest BCUT2D eigenvalue weighted by Gasteiger charge is -2.39. The third kappa shape index (κ3) is 3.97. The summed E-state index contributed by atoms with van der Waals surface area (Å²) in [5, 5.41) is 13.0. The van der Waals surface area contributed by atoms with Gasteiger partial charge in [-0.25, -0.2) is 0 Å². The SMILES string of the molecule is CC(C)(C)C1CCC(C(NC2CCCC2)C(=O)O)CC1. The Balaban J connectivity index is 1.89. The van der Waals surface area contributed by atoms with Crippen molar-refractivity contribution in [3.63, 3.8) is 0 Å². The lowest BCUT2D eigenvalue weighted by Crippen LogP contribution is -2.48. The Bertz CT molecular complexity index is 320. The minimum absolute atomic E-state index is 0.320. The Labute approximate surface area is 123 Å². The van der Waals surface area contributed by atoms with E-state index in [-0.39, 0.29) is 6.04 Å². The predicted molar refractivity (Wildman–Crippen MR) is 81.7 cm³/mol. The summed E-state index contributed by atoms with van der Waals surface area (Å²) in [6.07, 6.45) is 9.32. The number of carboxylic acids is 1. The number of carboxylic acid groups (broad SMARTS) is 1. The van der Waals surface area contributed by atoms with Crippen LogP contribution in [0.5, 0.6) is 0 Å². The van der Waals surface area contributed by atoms with Gasteiger partial charge in [-0.2, -0.15) is 0 Å². The minimum atomic E-state index is -0.642. The molecule has 2 aliphatic rings. The minimum Gasteiger partial charge on any atom is -0.480 e. The van der Waals surface area contributed by atoms with E-state index in [2.05, 4.69) is 26.1 Å². The molecule has 2 saturated carbocycles. The maximum absolute atomic E-state index is 11.6. The van der Waals surface area contributed by atoms with Gasteiger partial charge in [0, 0.05) is 6.04 Å². The van der Waals surface area contributed by atoms with Gasteiger partial charge >= 0.3 is 5.97 Å². The number of aliphatic carboxylic acids is 1. The van der Waals surface area contributed by atoms with Crippen LogP contribution in [0.4, 0.5) is 0 Å². The number of carbonyl (C=O) groups is 1. The van der Waals surface area contributed by atoms with E-state index in [4.69, 9.17) is 0 Å². The average molecular weight is 281 g/mol. The summed E-state index contributed by atoms with van der Waals surface area (Å²) < 4.78 is 0. The number of rotatable bonds is 4. The standard InChI is InChI=1S/C17H31NO2/c1-17(2,3)13-10-8-12(9-11-13)15(16(19)20)18-14-6-4-5-7-14/h12-15,18H,4-11H2,1-3H3,(H,19,20). The van der Waals surface area contributed by atoms with Crippen molar-refractivity contribution >= 4 is 5.97 Å². The van der Waals surface area contributed by atoms with Gasteiger partial charge in [0.15, 0.2) is 0 Å². The Kier molecular flexibility index (Phi) is 5.11. The highest BCUT2D eigenvalue weighted by Crippen LogP contribution is 2.41. The van der Waals surface area contributed by atoms with Crippen molar-refractivity contribution < 1.29 is 9.90 Å². The lowest BCUT2D eigenvalue weighted by atomic mass is 9.68. The van der Waals surface area contributed by atoms with Crippen LogP contribution in [-0.2, 0) is 4.79 Å². The van der Waals surface area contributed by atoms with E-state index in [1.54, 1.807) is 0 Å². The molecule has 0 aromatic carbocycles. The first-order valence-electron chi connectivity index (χ1n) is 8.37. The van der Waals surface area contributed by atoms with Crippen LogP contribution in [0.1, 0.15) is 72.1 Å². The molecule has 0 aliphatic heterocycles. The second-order valence-corrected chi connectivity index (χ2v) is 7.94. The van der Waals surface area contributed by atoms with Crippen LogP contribution < -0.4 is 5.32 Å². The van der Waals surface area contributed by atoms with Crippen molar-refractivity contribution in [2.45, 2.75) is 84.2 Å². The van der Waals surface area contributed by atoms with Crippen LogP contribution in [0.3, 0.4) is 0 Å². The smallest absolute Gasteiger partial charge is 0.320 e. The van der Waals surface area contributed by atoms with E-state index in [9.17, 15) is 9.90 Å². The lowest BCUT2D eigenvalue weighted by molar-refractivity contribution is -0.141. The molecule has 3 heteroatoms. The molecule has 20 heavy (non-hydrogen) atoms. The molecule has 1 atom stereocenters. The molecule has 3 nitrogen and oxygen atoms in total. The molecule has 0 bridgehead atoms. The number of hydrogen-bond donors (Lipinski definition) is 2. The van der Waals surface area contributed by atoms with Crippen LogP contribution in [0.15, 0.2) is 0 Å². The Morgan fingerprint density at radius 3 is 2.05 bits per heavy atom. The molecule has 0 heterocycles.